The van der Waals surface area contributed by atoms with Crippen LogP contribution in [0.15, 0.2) is 29.6 Å². The Morgan fingerprint density at radius 1 is 1.45 bits per heavy atom. The van der Waals surface area contributed by atoms with Gasteiger partial charge in [-0.3, -0.25) is 5.01 Å². The number of hydrogen-bond donors (Lipinski definition) is 2. The number of aromatic nitrogens is 1. The van der Waals surface area contributed by atoms with Crippen molar-refractivity contribution in [3.8, 4) is 11.3 Å². The Morgan fingerprint density at radius 3 is 2.85 bits per heavy atom. The van der Waals surface area contributed by atoms with Crippen LogP contribution < -0.4 is 10.4 Å². The summed E-state index contributed by atoms with van der Waals surface area (Å²) in [7, 11) is 0. The zero-order chi connectivity index (χ0) is 14.1. The first-order chi connectivity index (χ1) is 9.65. The quantitative estimate of drug-likeness (QED) is 0.847. The van der Waals surface area contributed by atoms with E-state index in [1.165, 1.54) is 11.3 Å². The molecule has 0 radical (unpaired) electrons. The number of amides is 1. The number of benzene rings is 1. The molecule has 0 spiro atoms. The second-order valence-corrected chi connectivity index (χ2v) is 5.76. The van der Waals surface area contributed by atoms with Gasteiger partial charge < -0.3 is 5.11 Å². The molecule has 0 atom stereocenters. The van der Waals surface area contributed by atoms with Gasteiger partial charge in [-0.1, -0.05) is 29.8 Å². The number of rotatable bonds is 4. The van der Waals surface area contributed by atoms with E-state index in [4.69, 9.17) is 16.7 Å². The molecular weight excluding hydrogens is 298 g/mol. The molecule has 7 heteroatoms. The molecule has 104 valence electrons. The van der Waals surface area contributed by atoms with Gasteiger partial charge in [-0.25, -0.2) is 15.2 Å². The molecule has 2 aromatic rings. The van der Waals surface area contributed by atoms with Gasteiger partial charge in [0.1, 0.15) is 0 Å². The van der Waals surface area contributed by atoms with E-state index in [9.17, 15) is 4.79 Å². The van der Waals surface area contributed by atoms with Crippen LogP contribution in [0.5, 0.6) is 0 Å². The molecule has 1 aliphatic carbocycles. The average Bonchev–Trinajstić information content (AvgIpc) is 3.14. The van der Waals surface area contributed by atoms with Crippen LogP contribution in [0.1, 0.15) is 12.8 Å². The maximum absolute atomic E-state index is 10.8. The highest BCUT2D eigenvalue weighted by Crippen LogP contribution is 2.35. The van der Waals surface area contributed by atoms with Crippen LogP contribution in [-0.4, -0.2) is 22.2 Å². The molecule has 1 fully saturated rings. The zero-order valence-corrected chi connectivity index (χ0v) is 12.0. The molecule has 1 aliphatic rings. The first kappa shape index (κ1) is 13.2. The highest BCUT2D eigenvalue weighted by molar-refractivity contribution is 7.14. The fourth-order valence-electron chi connectivity index (χ4n) is 1.90. The van der Waals surface area contributed by atoms with E-state index >= 15 is 0 Å². The molecule has 1 aromatic heterocycles. The second-order valence-electron chi connectivity index (χ2n) is 4.51. The molecule has 3 rings (SSSR count). The Hall–Kier alpha value is -1.79. The van der Waals surface area contributed by atoms with Crippen molar-refractivity contribution in [1.29, 1.82) is 0 Å². The lowest BCUT2D eigenvalue weighted by Gasteiger charge is -2.19. The summed E-state index contributed by atoms with van der Waals surface area (Å²) in [6, 6.07) is 7.67. The lowest BCUT2D eigenvalue weighted by molar-refractivity contribution is 0.193. The van der Waals surface area contributed by atoms with Gasteiger partial charge in [0.25, 0.3) is 0 Å². The summed E-state index contributed by atoms with van der Waals surface area (Å²) in [5.74, 6) is 0. The zero-order valence-electron chi connectivity index (χ0n) is 10.4. The first-order valence-electron chi connectivity index (χ1n) is 6.14. The minimum absolute atomic E-state index is 0.205. The second kappa shape index (κ2) is 5.30. The number of nitrogens with one attached hydrogen (secondary N) is 1. The van der Waals surface area contributed by atoms with Crippen molar-refractivity contribution in [2.45, 2.75) is 18.9 Å². The summed E-state index contributed by atoms with van der Waals surface area (Å²) in [5, 5.41) is 13.7. The highest BCUT2D eigenvalue weighted by atomic mass is 35.5. The van der Waals surface area contributed by atoms with Gasteiger partial charge in [0.2, 0.25) is 5.13 Å². The first-order valence-corrected chi connectivity index (χ1v) is 7.40. The average molecular weight is 310 g/mol. The van der Waals surface area contributed by atoms with E-state index in [1.807, 2.05) is 29.6 Å². The molecule has 1 amide bonds. The van der Waals surface area contributed by atoms with Crippen LogP contribution in [0, 0.1) is 0 Å². The van der Waals surface area contributed by atoms with Gasteiger partial charge in [-0.15, -0.1) is 11.3 Å². The van der Waals surface area contributed by atoms with Crippen molar-refractivity contribution in [2.24, 2.45) is 0 Å². The van der Waals surface area contributed by atoms with Crippen molar-refractivity contribution in [2.75, 3.05) is 5.01 Å². The predicted molar refractivity (Wildman–Crippen MR) is 79.2 cm³/mol. The molecule has 0 saturated heterocycles. The fraction of sp³-hybridized carbons (Fsp3) is 0.231. The molecular formula is C13H12ClN3O2S. The summed E-state index contributed by atoms with van der Waals surface area (Å²) in [5.41, 5.74) is 4.01. The minimum Gasteiger partial charge on any atom is -0.464 e. The third-order valence-corrected chi connectivity index (χ3v) is 4.15. The van der Waals surface area contributed by atoms with Crippen molar-refractivity contribution in [1.82, 2.24) is 10.4 Å². The van der Waals surface area contributed by atoms with Gasteiger partial charge in [0.05, 0.1) is 11.7 Å². The Labute approximate surface area is 124 Å². The third-order valence-electron chi connectivity index (χ3n) is 2.98. The number of halogens is 1. The van der Waals surface area contributed by atoms with E-state index < -0.39 is 6.09 Å². The summed E-state index contributed by atoms with van der Waals surface area (Å²) in [6.07, 6.45) is 0.870. The third kappa shape index (κ3) is 2.71. The van der Waals surface area contributed by atoms with E-state index in [-0.39, 0.29) is 6.04 Å². The Bertz CT molecular complexity index is 642. The van der Waals surface area contributed by atoms with Crippen molar-refractivity contribution >= 4 is 34.2 Å². The van der Waals surface area contributed by atoms with Gasteiger partial charge in [0, 0.05) is 16.0 Å². The van der Waals surface area contributed by atoms with Crippen LogP contribution in [0.3, 0.4) is 0 Å². The number of hydrazine groups is 1. The van der Waals surface area contributed by atoms with Gasteiger partial charge >= 0.3 is 6.09 Å². The Morgan fingerprint density at radius 2 is 2.20 bits per heavy atom. The molecule has 0 bridgehead atoms. The van der Waals surface area contributed by atoms with Crippen LogP contribution in [0.25, 0.3) is 11.3 Å². The van der Waals surface area contributed by atoms with Crippen molar-refractivity contribution in [3.63, 3.8) is 0 Å². The molecule has 1 aromatic carbocycles. The summed E-state index contributed by atoms with van der Waals surface area (Å²) < 4.78 is 0. The van der Waals surface area contributed by atoms with Crippen LogP contribution in [-0.2, 0) is 0 Å². The van der Waals surface area contributed by atoms with E-state index in [0.717, 1.165) is 24.1 Å². The van der Waals surface area contributed by atoms with Gasteiger partial charge in [-0.05, 0) is 18.9 Å². The number of nitrogens with zero attached hydrogens (tertiary/aromatic N) is 2. The summed E-state index contributed by atoms with van der Waals surface area (Å²) in [4.78, 5) is 15.3. The van der Waals surface area contributed by atoms with E-state index in [0.29, 0.717) is 10.2 Å². The lowest BCUT2D eigenvalue weighted by atomic mass is 10.2. The Kier molecular flexibility index (Phi) is 3.50. The standard InChI is InChI=1S/C13H12ClN3O2S/c14-10-4-2-1-3-9(10)11-7-20-12(15-11)17(8-5-6-8)16-13(18)19/h1-4,7-8,16H,5-6H2,(H,18,19). The largest absolute Gasteiger partial charge is 0.464 e. The topological polar surface area (TPSA) is 65.5 Å². The van der Waals surface area contributed by atoms with E-state index in [2.05, 4.69) is 10.4 Å². The van der Waals surface area contributed by atoms with Crippen LogP contribution in [0.4, 0.5) is 9.93 Å². The minimum atomic E-state index is -1.08. The molecule has 2 N–H and O–H groups in total. The number of anilines is 1. The van der Waals surface area contributed by atoms with Crippen molar-refractivity contribution in [3.05, 3.63) is 34.7 Å². The molecule has 1 saturated carbocycles. The number of carbonyl (C=O) groups is 1. The van der Waals surface area contributed by atoms with Crippen LogP contribution >= 0.6 is 22.9 Å². The predicted octanol–water partition coefficient (Wildman–Crippen LogP) is 3.61. The van der Waals surface area contributed by atoms with Crippen molar-refractivity contribution < 1.29 is 9.90 Å². The molecule has 1 heterocycles. The van der Waals surface area contributed by atoms with E-state index in [1.54, 1.807) is 5.01 Å². The maximum atomic E-state index is 10.8. The molecule has 20 heavy (non-hydrogen) atoms. The molecule has 5 nitrogen and oxygen atoms in total. The van der Waals surface area contributed by atoms with Crippen LogP contribution in [0.2, 0.25) is 5.02 Å². The number of hydrogen-bond acceptors (Lipinski definition) is 4. The number of carboxylic acid groups (broad SMARTS) is 1. The molecule has 0 unspecified atom stereocenters. The highest BCUT2D eigenvalue weighted by Gasteiger charge is 2.32. The smallest absolute Gasteiger partial charge is 0.423 e. The maximum Gasteiger partial charge on any atom is 0.423 e. The monoisotopic (exact) mass is 309 g/mol. The van der Waals surface area contributed by atoms with Gasteiger partial charge in [-0.2, -0.15) is 0 Å². The number of thiazole rings is 1. The fourth-order valence-corrected chi connectivity index (χ4v) is 2.99. The summed E-state index contributed by atoms with van der Waals surface area (Å²) in [6.45, 7) is 0. The SMILES string of the molecule is O=C(O)NN(c1nc(-c2ccccc2Cl)cs1)C1CC1. The molecule has 0 aliphatic heterocycles. The lowest BCUT2D eigenvalue weighted by Crippen LogP contribution is -2.43. The van der Waals surface area contributed by atoms with Gasteiger partial charge in [0.15, 0.2) is 0 Å². The Balaban J connectivity index is 1.89. The summed E-state index contributed by atoms with van der Waals surface area (Å²) >= 11 is 7.55. The normalized spacial score (nSPS) is 14.1.